The van der Waals surface area contributed by atoms with Crippen molar-refractivity contribution >= 4 is 85.1 Å². The van der Waals surface area contributed by atoms with Crippen LogP contribution in [0.3, 0.4) is 0 Å². The van der Waals surface area contributed by atoms with E-state index in [0.717, 1.165) is 12.1 Å². The minimum Gasteiger partial charge on any atom is -0.744 e. The van der Waals surface area contributed by atoms with Crippen molar-refractivity contribution in [3.63, 3.8) is 0 Å². The van der Waals surface area contributed by atoms with Crippen molar-refractivity contribution in [2.24, 2.45) is 0 Å². The predicted molar refractivity (Wildman–Crippen MR) is 216 cm³/mol. The van der Waals surface area contributed by atoms with Crippen molar-refractivity contribution < 1.29 is 221 Å². The molecule has 0 unspecified atom stereocenters. The molecule has 0 aliphatic carbocycles. The Morgan fingerprint density at radius 3 is 1.65 bits per heavy atom. The Morgan fingerprint density at radius 2 is 1.16 bits per heavy atom. The molecule has 1 N–H and O–H groups in total. The number of aliphatic carboxylic acids is 1. The number of anilines is 1. The molecule has 0 bridgehead atoms. The van der Waals surface area contributed by atoms with E-state index in [9.17, 15) is 56.7 Å². The standard InChI is InChI=1S/C40H42N2O14S4.3K/c1-39(2)34(41(5)30-17-15-26-28(37(30)39)20-24(57(45,46)47)22-32(26)59(51,52)53)12-8-6-9-13-35-40(3,4)38-29-21-25(58(48,49)50)23-33(60(54,55)56)27(29)16-18-31(38)42(35)19-11-7-10-14-36(43)44;;;/h6,8-9,12-13,15-18,20-23H,7,10-11,14,19H2,1-5H3,(H4-,43,44,45,46,47,48,49,50,51,52,53,54,55,56);;;/q;3*+1/p-3. The van der Waals surface area contributed by atoms with Crippen LogP contribution in [-0.2, 0) is 56.1 Å². The largest absolute Gasteiger partial charge is 1.00 e. The van der Waals surface area contributed by atoms with E-state index < -0.39 is 76.9 Å². The molecule has 0 amide bonds. The molecule has 0 aromatic heterocycles. The van der Waals surface area contributed by atoms with Gasteiger partial charge in [-0.2, -0.15) is 4.58 Å². The summed E-state index contributed by atoms with van der Waals surface area (Å²) >= 11 is 0. The molecule has 63 heavy (non-hydrogen) atoms. The average Bonchev–Trinajstić information content (AvgIpc) is 3.46. The first-order valence-corrected chi connectivity index (χ1v) is 23.9. The molecule has 4 aromatic rings. The summed E-state index contributed by atoms with van der Waals surface area (Å²) in [6, 6.07) is 9.26. The molecule has 320 valence electrons. The molecule has 0 fully saturated rings. The van der Waals surface area contributed by atoms with E-state index >= 15 is 0 Å². The Balaban J connectivity index is 0.00000352. The molecule has 0 saturated heterocycles. The van der Waals surface area contributed by atoms with Crippen LogP contribution < -0.4 is 159 Å². The topological polar surface area (TPSA) is 272 Å². The van der Waals surface area contributed by atoms with Gasteiger partial charge in [0.15, 0.2) is 5.71 Å². The quantitative estimate of drug-likeness (QED) is 0.0441. The first-order valence-electron chi connectivity index (χ1n) is 18.3. The van der Waals surface area contributed by atoms with E-state index in [-0.39, 0.29) is 182 Å². The number of hydrogen-bond donors (Lipinski definition) is 1. The number of unbranched alkanes of at least 4 members (excludes halogenated alkanes) is 2. The van der Waals surface area contributed by atoms with Gasteiger partial charge >= 0.3 is 160 Å². The third-order valence-corrected chi connectivity index (χ3v) is 14.4. The zero-order valence-electron chi connectivity index (χ0n) is 35.8. The third-order valence-electron chi connectivity index (χ3n) is 11.1. The van der Waals surface area contributed by atoms with Gasteiger partial charge in [0.25, 0.3) is 0 Å². The SMILES string of the molecule is C[N+]1=C(/C=C/C=C/C=C2\N(CCCCCC(=O)O)c3ccc4c(S(=O)(=O)[O-])cc(S(=O)(=O)[O-])cc4c3C2(C)C)C(C)(C)c2c1ccc1c(S(=O)(=O)[O-])cc(S(=O)(=O)[O-])cc21.[K+].[K+].[K+]. The summed E-state index contributed by atoms with van der Waals surface area (Å²) in [7, 11) is -19.0. The molecular weight excluding hydrogens is 978 g/mol. The van der Waals surface area contributed by atoms with Crippen LogP contribution in [0.1, 0.15) is 64.5 Å². The van der Waals surface area contributed by atoms with Crippen LogP contribution in [0.25, 0.3) is 21.5 Å². The van der Waals surface area contributed by atoms with E-state index in [4.69, 9.17) is 5.11 Å². The van der Waals surface area contributed by atoms with E-state index in [2.05, 4.69) is 0 Å². The van der Waals surface area contributed by atoms with Crippen LogP contribution in [0.4, 0.5) is 11.4 Å². The first-order chi connectivity index (χ1) is 27.6. The Bertz CT molecular complexity index is 3130. The fourth-order valence-corrected chi connectivity index (χ4v) is 11.1. The number of hydrogen-bond acceptors (Lipinski definition) is 14. The van der Waals surface area contributed by atoms with Gasteiger partial charge in [-0.25, -0.2) is 33.7 Å². The van der Waals surface area contributed by atoms with Gasteiger partial charge in [-0.1, -0.05) is 44.6 Å². The predicted octanol–water partition coefficient (Wildman–Crippen LogP) is -3.93. The second kappa shape index (κ2) is 21.0. The Hall–Kier alpha value is 0.109. The molecule has 2 aliphatic rings. The van der Waals surface area contributed by atoms with Gasteiger partial charge in [-0.15, -0.1) is 0 Å². The van der Waals surface area contributed by atoms with Gasteiger partial charge in [0.05, 0.1) is 25.0 Å². The first kappa shape index (κ1) is 57.4. The van der Waals surface area contributed by atoms with Crippen LogP contribution >= 0.6 is 0 Å². The van der Waals surface area contributed by atoms with Crippen LogP contribution in [0, 0.1) is 0 Å². The van der Waals surface area contributed by atoms with Gasteiger partial charge in [-0.3, -0.25) is 4.79 Å². The maximum absolute atomic E-state index is 12.3. The van der Waals surface area contributed by atoms with Crippen molar-refractivity contribution in [2.45, 2.75) is 83.8 Å². The van der Waals surface area contributed by atoms with Crippen molar-refractivity contribution in [1.29, 1.82) is 0 Å². The number of carbonyl (C=O) groups is 1. The molecule has 0 spiro atoms. The van der Waals surface area contributed by atoms with Crippen molar-refractivity contribution in [3.8, 4) is 0 Å². The smallest absolute Gasteiger partial charge is 0.744 e. The zero-order chi connectivity index (χ0) is 44.5. The van der Waals surface area contributed by atoms with Gasteiger partial charge in [0.2, 0.25) is 5.69 Å². The number of fused-ring (bicyclic) bond motifs is 6. The Labute approximate surface area is 494 Å². The normalized spacial score (nSPS) is 16.7. The summed E-state index contributed by atoms with van der Waals surface area (Å²) in [4.78, 5) is 9.63. The van der Waals surface area contributed by atoms with Crippen LogP contribution in [-0.4, -0.2) is 86.8 Å². The van der Waals surface area contributed by atoms with Crippen LogP contribution in [0.2, 0.25) is 0 Å². The van der Waals surface area contributed by atoms with Gasteiger partial charge in [0.1, 0.15) is 47.5 Å². The maximum atomic E-state index is 12.3. The summed E-state index contributed by atoms with van der Waals surface area (Å²) in [5, 5.41) is 9.21. The molecule has 16 nitrogen and oxygen atoms in total. The van der Waals surface area contributed by atoms with Crippen molar-refractivity contribution in [1.82, 2.24) is 0 Å². The average molecular weight is 1020 g/mol. The summed E-state index contributed by atoms with van der Waals surface area (Å²) in [5.41, 5.74) is 1.55. The molecule has 6 rings (SSSR count). The molecule has 0 saturated carbocycles. The number of rotatable bonds is 13. The van der Waals surface area contributed by atoms with Gasteiger partial charge in [-0.05, 0) is 90.9 Å². The molecule has 0 radical (unpaired) electrons. The molecule has 23 heteroatoms. The van der Waals surface area contributed by atoms with E-state index in [1.54, 1.807) is 49.6 Å². The maximum Gasteiger partial charge on any atom is 1.00 e. The second-order valence-corrected chi connectivity index (χ2v) is 21.1. The number of allylic oxidation sites excluding steroid dienone is 6. The number of carboxylic acid groups (broad SMARTS) is 1. The summed E-state index contributed by atoms with van der Waals surface area (Å²) in [5.74, 6) is -0.934. The Morgan fingerprint density at radius 1 is 0.651 bits per heavy atom. The van der Waals surface area contributed by atoms with Gasteiger partial charge < -0.3 is 28.2 Å². The van der Waals surface area contributed by atoms with Crippen LogP contribution in [0.5, 0.6) is 0 Å². The molecule has 2 aliphatic heterocycles. The zero-order valence-corrected chi connectivity index (χ0v) is 48.5. The molecule has 0 atom stereocenters. The van der Waals surface area contributed by atoms with E-state index in [0.29, 0.717) is 71.9 Å². The minimum absolute atomic E-state index is 0. The van der Waals surface area contributed by atoms with E-state index in [1.165, 1.54) is 12.1 Å². The van der Waals surface area contributed by atoms with E-state index in [1.807, 2.05) is 37.2 Å². The Kier molecular flexibility index (Phi) is 19.1. The monoisotopic (exact) mass is 1020 g/mol. The molecule has 4 aromatic carbocycles. The molecular formula is C40H39K3N2O14S4. The summed E-state index contributed by atoms with van der Waals surface area (Å²) in [6.07, 6.45) is 10.2. The third kappa shape index (κ3) is 11.8. The van der Waals surface area contributed by atoms with Crippen LogP contribution in [0.15, 0.2) is 104 Å². The fourth-order valence-electron chi connectivity index (χ4n) is 8.46. The number of carboxylic acids is 1. The van der Waals surface area contributed by atoms with Gasteiger partial charge in [0, 0.05) is 52.9 Å². The summed E-state index contributed by atoms with van der Waals surface area (Å²) < 4.78 is 148. The number of benzene rings is 4. The number of nitrogens with zero attached hydrogens (tertiary/aromatic N) is 2. The second-order valence-electron chi connectivity index (χ2n) is 15.6. The molecule has 2 heterocycles. The van der Waals surface area contributed by atoms with Crippen molar-refractivity contribution in [2.75, 3.05) is 18.5 Å². The van der Waals surface area contributed by atoms with Crippen molar-refractivity contribution in [3.05, 3.63) is 95.7 Å². The minimum atomic E-state index is -5.23. The fraction of sp³-hybridized carbons (Fsp3) is 0.300. The summed E-state index contributed by atoms with van der Waals surface area (Å²) in [6.45, 7) is 7.63.